The molecule has 1 atom stereocenters. The van der Waals surface area contributed by atoms with E-state index >= 15 is 0 Å². The number of carbonyl (C=O) groups excluding carboxylic acids is 1. The Hall–Kier alpha value is -0.910. The molecular weight excluding hydrogens is 296 g/mol. The van der Waals surface area contributed by atoms with E-state index in [-0.39, 0.29) is 11.9 Å². The maximum atomic E-state index is 12.1. The number of anilines is 1. The first kappa shape index (κ1) is 13.5. The summed E-state index contributed by atoms with van der Waals surface area (Å²) in [7, 11) is 1.80. The van der Waals surface area contributed by atoms with Gasteiger partial charge in [-0.05, 0) is 24.3 Å². The molecule has 0 saturated carbocycles. The lowest BCUT2D eigenvalue weighted by Crippen LogP contribution is -2.44. The summed E-state index contributed by atoms with van der Waals surface area (Å²) in [5.74, 6) is 0.0975. The van der Waals surface area contributed by atoms with E-state index in [0.29, 0.717) is 13.0 Å². The largest absolute Gasteiger partial charge is 0.378 e. The summed E-state index contributed by atoms with van der Waals surface area (Å²) in [5, 5.41) is 3.29. The van der Waals surface area contributed by atoms with Crippen molar-refractivity contribution in [3.63, 3.8) is 0 Å². The molecule has 1 unspecified atom stereocenters. The number of ether oxygens (including phenoxy) is 1. The third-order valence-corrected chi connectivity index (χ3v) is 3.54. The zero-order valence-electron chi connectivity index (χ0n) is 10.4. The summed E-state index contributed by atoms with van der Waals surface area (Å²) in [4.78, 5) is 13.8. The van der Waals surface area contributed by atoms with Crippen LogP contribution >= 0.6 is 15.9 Å². The monoisotopic (exact) mass is 312 g/mol. The van der Waals surface area contributed by atoms with Crippen LogP contribution in [0, 0.1) is 0 Å². The predicted molar refractivity (Wildman–Crippen MR) is 74.8 cm³/mol. The highest BCUT2D eigenvalue weighted by molar-refractivity contribution is 9.10. The number of nitrogens with zero attached hydrogens (tertiary/aromatic N) is 1. The van der Waals surface area contributed by atoms with Crippen LogP contribution in [0.15, 0.2) is 28.7 Å². The van der Waals surface area contributed by atoms with Gasteiger partial charge in [0.1, 0.15) is 0 Å². The lowest BCUT2D eigenvalue weighted by atomic mass is 10.1. The van der Waals surface area contributed by atoms with E-state index in [9.17, 15) is 4.79 Å². The van der Waals surface area contributed by atoms with Gasteiger partial charge in [0, 0.05) is 36.2 Å². The number of benzene rings is 1. The fourth-order valence-electron chi connectivity index (χ4n) is 1.91. The van der Waals surface area contributed by atoms with Crippen molar-refractivity contribution >= 4 is 27.5 Å². The van der Waals surface area contributed by atoms with Gasteiger partial charge in [0.15, 0.2) is 0 Å². The first-order valence-electron chi connectivity index (χ1n) is 6.00. The predicted octanol–water partition coefficient (Wildman–Crippen LogP) is 1.79. The molecule has 0 aliphatic carbocycles. The number of carbonyl (C=O) groups is 1. The van der Waals surface area contributed by atoms with Crippen molar-refractivity contribution in [1.82, 2.24) is 5.32 Å². The maximum absolute atomic E-state index is 12.1. The van der Waals surface area contributed by atoms with Crippen LogP contribution in [0.4, 0.5) is 5.69 Å². The Morgan fingerprint density at radius 1 is 1.50 bits per heavy atom. The average Bonchev–Trinajstić information content (AvgIpc) is 2.40. The third kappa shape index (κ3) is 3.54. The molecule has 1 aromatic rings. The van der Waals surface area contributed by atoms with Crippen molar-refractivity contribution in [3.05, 3.63) is 28.7 Å². The molecule has 1 heterocycles. The summed E-state index contributed by atoms with van der Waals surface area (Å²) in [6.07, 6.45) is 0.465. The van der Waals surface area contributed by atoms with Gasteiger partial charge in [-0.15, -0.1) is 0 Å². The van der Waals surface area contributed by atoms with Crippen LogP contribution in [-0.2, 0) is 9.53 Å². The van der Waals surface area contributed by atoms with Crippen LogP contribution in [-0.4, -0.2) is 38.8 Å². The Morgan fingerprint density at radius 3 is 2.83 bits per heavy atom. The molecular formula is C13H17BrN2O2. The molecule has 1 aliphatic heterocycles. The number of hydrogen-bond acceptors (Lipinski definition) is 3. The lowest BCUT2D eigenvalue weighted by molar-refractivity contribution is -0.119. The summed E-state index contributed by atoms with van der Waals surface area (Å²) >= 11 is 3.38. The van der Waals surface area contributed by atoms with Crippen molar-refractivity contribution in [2.45, 2.75) is 12.5 Å². The summed E-state index contributed by atoms with van der Waals surface area (Å²) in [6.45, 7) is 2.16. The van der Waals surface area contributed by atoms with Crippen molar-refractivity contribution in [2.75, 3.05) is 31.7 Å². The molecule has 1 aliphatic rings. The SMILES string of the molecule is CN(C(=O)CC1COCCN1)c1ccc(Br)cc1. The zero-order chi connectivity index (χ0) is 13.0. The van der Waals surface area contributed by atoms with E-state index in [1.165, 1.54) is 0 Å². The van der Waals surface area contributed by atoms with Gasteiger partial charge >= 0.3 is 0 Å². The minimum atomic E-state index is 0.0975. The first-order chi connectivity index (χ1) is 8.66. The molecule has 18 heavy (non-hydrogen) atoms. The van der Waals surface area contributed by atoms with Gasteiger partial charge in [-0.3, -0.25) is 4.79 Å². The van der Waals surface area contributed by atoms with Gasteiger partial charge in [-0.25, -0.2) is 0 Å². The number of morpholine rings is 1. The molecule has 1 fully saturated rings. The quantitative estimate of drug-likeness (QED) is 0.925. The van der Waals surface area contributed by atoms with Gasteiger partial charge < -0.3 is 15.0 Å². The second-order valence-electron chi connectivity index (χ2n) is 4.36. The Kier molecular flexibility index (Phi) is 4.74. The Morgan fingerprint density at radius 2 is 2.22 bits per heavy atom. The highest BCUT2D eigenvalue weighted by Gasteiger charge is 2.19. The minimum Gasteiger partial charge on any atom is -0.378 e. The summed E-state index contributed by atoms with van der Waals surface area (Å²) in [5.41, 5.74) is 0.903. The van der Waals surface area contributed by atoms with Crippen LogP contribution in [0.3, 0.4) is 0 Å². The van der Waals surface area contributed by atoms with Gasteiger partial charge in [-0.1, -0.05) is 15.9 Å². The molecule has 1 aromatic carbocycles. The van der Waals surface area contributed by atoms with E-state index in [4.69, 9.17) is 4.74 Å². The van der Waals surface area contributed by atoms with Crippen LogP contribution < -0.4 is 10.2 Å². The number of nitrogens with one attached hydrogen (secondary N) is 1. The molecule has 98 valence electrons. The van der Waals surface area contributed by atoms with E-state index in [2.05, 4.69) is 21.2 Å². The van der Waals surface area contributed by atoms with Crippen molar-refractivity contribution < 1.29 is 9.53 Å². The molecule has 1 amide bonds. The highest BCUT2D eigenvalue weighted by Crippen LogP contribution is 2.18. The van der Waals surface area contributed by atoms with Gasteiger partial charge in [0.05, 0.1) is 13.2 Å². The Balaban J connectivity index is 1.93. The minimum absolute atomic E-state index is 0.0975. The topological polar surface area (TPSA) is 41.6 Å². The van der Waals surface area contributed by atoms with Crippen LogP contribution in [0.25, 0.3) is 0 Å². The standard InChI is InChI=1S/C13H17BrN2O2/c1-16(12-4-2-10(14)3-5-12)13(17)8-11-9-18-7-6-15-11/h2-5,11,15H,6-9H2,1H3. The van der Waals surface area contributed by atoms with E-state index in [0.717, 1.165) is 23.3 Å². The fourth-order valence-corrected chi connectivity index (χ4v) is 2.17. The number of halogens is 1. The molecule has 2 rings (SSSR count). The highest BCUT2D eigenvalue weighted by atomic mass is 79.9. The molecule has 0 bridgehead atoms. The maximum Gasteiger partial charge on any atom is 0.228 e. The van der Waals surface area contributed by atoms with Crippen LogP contribution in [0.1, 0.15) is 6.42 Å². The Bertz CT molecular complexity index is 402. The van der Waals surface area contributed by atoms with Gasteiger partial charge in [0.25, 0.3) is 0 Å². The average molecular weight is 313 g/mol. The molecule has 1 N–H and O–H groups in total. The molecule has 0 spiro atoms. The number of hydrogen-bond donors (Lipinski definition) is 1. The lowest BCUT2D eigenvalue weighted by Gasteiger charge is -2.25. The second kappa shape index (κ2) is 6.31. The molecule has 0 aromatic heterocycles. The van der Waals surface area contributed by atoms with Gasteiger partial charge in [-0.2, -0.15) is 0 Å². The van der Waals surface area contributed by atoms with Crippen molar-refractivity contribution in [3.8, 4) is 0 Å². The first-order valence-corrected chi connectivity index (χ1v) is 6.79. The number of rotatable bonds is 3. The number of amides is 1. The van der Waals surface area contributed by atoms with E-state index in [1.54, 1.807) is 11.9 Å². The normalized spacial score (nSPS) is 19.6. The van der Waals surface area contributed by atoms with Crippen molar-refractivity contribution in [1.29, 1.82) is 0 Å². The molecule has 0 radical (unpaired) electrons. The van der Waals surface area contributed by atoms with Crippen molar-refractivity contribution in [2.24, 2.45) is 0 Å². The molecule has 4 nitrogen and oxygen atoms in total. The van der Waals surface area contributed by atoms with E-state index in [1.807, 2.05) is 24.3 Å². The zero-order valence-corrected chi connectivity index (χ0v) is 11.9. The van der Waals surface area contributed by atoms with E-state index < -0.39 is 0 Å². The summed E-state index contributed by atoms with van der Waals surface area (Å²) in [6, 6.07) is 7.84. The molecule has 5 heteroatoms. The van der Waals surface area contributed by atoms with Crippen LogP contribution in [0.5, 0.6) is 0 Å². The van der Waals surface area contributed by atoms with Gasteiger partial charge in [0.2, 0.25) is 5.91 Å². The second-order valence-corrected chi connectivity index (χ2v) is 5.27. The summed E-state index contributed by atoms with van der Waals surface area (Å²) < 4.78 is 6.35. The Labute approximate surface area is 115 Å². The smallest absolute Gasteiger partial charge is 0.228 e. The van der Waals surface area contributed by atoms with Crippen LogP contribution in [0.2, 0.25) is 0 Å². The fraction of sp³-hybridized carbons (Fsp3) is 0.462. The molecule has 1 saturated heterocycles. The third-order valence-electron chi connectivity index (χ3n) is 3.01.